The van der Waals surface area contributed by atoms with Gasteiger partial charge in [-0.25, -0.2) is 28.5 Å². The largest absolute Gasteiger partial charge is 0.434 e. The standard InChI is InChI=1S/C21H25F3N8O2S2/c1-36(33)32-4-2-30(3-5-32)12-13-10-15-16(35-13)19(31-6-8-34-9-7-31)29-18(27-15)14-11-26-20(25)28-17(14)21(22,23)24/h10-11H,2-9,12H2,1H3,(H2,25,26,28). The normalized spacial score (nSPS) is 19.2. The molecule has 10 nitrogen and oxygen atoms in total. The van der Waals surface area contributed by atoms with Crippen LogP contribution in [0.4, 0.5) is 24.9 Å². The molecular formula is C21H25F3N8O2S2. The summed E-state index contributed by atoms with van der Waals surface area (Å²) in [6.45, 7) is 5.79. The number of alkyl halides is 3. The molecular weight excluding hydrogens is 517 g/mol. The lowest BCUT2D eigenvalue weighted by molar-refractivity contribution is -0.140. The fraction of sp³-hybridized carbons (Fsp3) is 0.524. The summed E-state index contributed by atoms with van der Waals surface area (Å²) in [6, 6.07) is 1.91. The molecule has 1 unspecified atom stereocenters. The van der Waals surface area contributed by atoms with Crippen molar-refractivity contribution in [3.63, 3.8) is 0 Å². The first kappa shape index (κ1) is 25.2. The van der Waals surface area contributed by atoms with Gasteiger partial charge in [0.05, 0.1) is 40.0 Å². The molecule has 5 rings (SSSR count). The van der Waals surface area contributed by atoms with Crippen molar-refractivity contribution in [2.75, 3.05) is 69.4 Å². The molecule has 2 fully saturated rings. The SMILES string of the molecule is CS(=O)N1CCN(Cc2cc3nc(-c4cnc(N)nc4C(F)(F)F)nc(N4CCOCC4)c3s2)CC1. The van der Waals surface area contributed by atoms with Crippen LogP contribution in [-0.4, -0.2) is 92.1 Å². The summed E-state index contributed by atoms with van der Waals surface area (Å²) in [5, 5.41) is 0. The molecule has 2 aliphatic rings. The van der Waals surface area contributed by atoms with Gasteiger partial charge in [-0.2, -0.15) is 13.2 Å². The Balaban J connectivity index is 1.53. The van der Waals surface area contributed by atoms with E-state index in [1.54, 1.807) is 6.26 Å². The van der Waals surface area contributed by atoms with E-state index in [1.165, 1.54) is 11.3 Å². The Morgan fingerprint density at radius 2 is 1.83 bits per heavy atom. The second-order valence-electron chi connectivity index (χ2n) is 8.51. The van der Waals surface area contributed by atoms with Gasteiger partial charge in [-0.3, -0.25) is 4.90 Å². The lowest BCUT2D eigenvalue weighted by Crippen LogP contribution is -2.46. The van der Waals surface area contributed by atoms with Gasteiger partial charge < -0.3 is 15.4 Å². The summed E-state index contributed by atoms with van der Waals surface area (Å²) in [7, 11) is -0.986. The van der Waals surface area contributed by atoms with Crippen LogP contribution in [0.5, 0.6) is 0 Å². The number of fused-ring (bicyclic) bond motifs is 1. The third kappa shape index (κ3) is 5.29. The van der Waals surface area contributed by atoms with Gasteiger partial charge in [-0.1, -0.05) is 0 Å². The number of anilines is 2. The Morgan fingerprint density at radius 1 is 1.11 bits per heavy atom. The molecule has 0 saturated carbocycles. The first-order valence-electron chi connectivity index (χ1n) is 11.3. The van der Waals surface area contributed by atoms with Crippen molar-refractivity contribution < 1.29 is 22.1 Å². The van der Waals surface area contributed by atoms with Crippen LogP contribution < -0.4 is 10.6 Å². The molecule has 194 valence electrons. The maximum absolute atomic E-state index is 13.8. The molecule has 2 saturated heterocycles. The molecule has 36 heavy (non-hydrogen) atoms. The highest BCUT2D eigenvalue weighted by molar-refractivity contribution is 7.81. The average Bonchev–Trinajstić information content (AvgIpc) is 3.26. The van der Waals surface area contributed by atoms with Crippen LogP contribution in [0.3, 0.4) is 0 Å². The number of morpholine rings is 1. The molecule has 0 radical (unpaired) electrons. The average molecular weight is 543 g/mol. The van der Waals surface area contributed by atoms with Crippen LogP contribution in [0.15, 0.2) is 12.3 Å². The van der Waals surface area contributed by atoms with Gasteiger partial charge in [-0.15, -0.1) is 11.3 Å². The predicted molar refractivity (Wildman–Crippen MR) is 132 cm³/mol. The minimum atomic E-state index is -4.74. The smallest absolute Gasteiger partial charge is 0.378 e. The zero-order chi connectivity index (χ0) is 25.4. The van der Waals surface area contributed by atoms with Crippen LogP contribution >= 0.6 is 11.3 Å². The van der Waals surface area contributed by atoms with Crippen molar-refractivity contribution in [3.8, 4) is 11.4 Å². The van der Waals surface area contributed by atoms with Gasteiger partial charge in [0.25, 0.3) is 0 Å². The van der Waals surface area contributed by atoms with Crippen molar-refractivity contribution in [1.82, 2.24) is 29.1 Å². The number of hydrogen-bond acceptors (Lipinski definition) is 10. The Hall–Kier alpha value is -2.46. The Bertz CT molecular complexity index is 1270. The number of nitrogen functional groups attached to an aromatic ring is 1. The monoisotopic (exact) mass is 542 g/mol. The van der Waals surface area contributed by atoms with E-state index in [9.17, 15) is 17.4 Å². The highest BCUT2D eigenvalue weighted by atomic mass is 32.2. The van der Waals surface area contributed by atoms with Crippen LogP contribution in [0.2, 0.25) is 0 Å². The zero-order valence-corrected chi connectivity index (χ0v) is 21.1. The number of aromatic nitrogens is 4. The molecule has 2 aliphatic heterocycles. The van der Waals surface area contributed by atoms with E-state index in [1.807, 2.05) is 15.3 Å². The van der Waals surface area contributed by atoms with Gasteiger partial charge in [0.2, 0.25) is 5.95 Å². The van der Waals surface area contributed by atoms with Crippen molar-refractivity contribution in [2.24, 2.45) is 0 Å². The maximum atomic E-state index is 13.8. The summed E-state index contributed by atoms with van der Waals surface area (Å²) in [5.41, 5.74) is 4.54. The minimum absolute atomic E-state index is 0.0975. The Morgan fingerprint density at radius 3 is 2.50 bits per heavy atom. The van der Waals surface area contributed by atoms with Crippen LogP contribution in [0.25, 0.3) is 21.6 Å². The van der Waals surface area contributed by atoms with E-state index in [-0.39, 0.29) is 11.4 Å². The summed E-state index contributed by atoms with van der Waals surface area (Å²) < 4.78 is 61.2. The topological polar surface area (TPSA) is 114 Å². The van der Waals surface area contributed by atoms with Gasteiger partial charge >= 0.3 is 6.18 Å². The first-order chi connectivity index (χ1) is 17.2. The van der Waals surface area contributed by atoms with E-state index in [0.29, 0.717) is 57.3 Å². The first-order valence-corrected chi connectivity index (χ1v) is 13.7. The lowest BCUT2D eigenvalue weighted by Gasteiger charge is -2.32. The van der Waals surface area contributed by atoms with Crippen LogP contribution in [-0.2, 0) is 28.4 Å². The fourth-order valence-electron chi connectivity index (χ4n) is 4.29. The van der Waals surface area contributed by atoms with Gasteiger partial charge in [0, 0.05) is 63.1 Å². The number of rotatable bonds is 5. The number of nitrogens with zero attached hydrogens (tertiary/aromatic N) is 7. The molecule has 0 amide bonds. The number of thiophene rings is 1. The molecule has 1 atom stereocenters. The molecule has 5 heterocycles. The number of nitrogens with two attached hydrogens (primary N) is 1. The minimum Gasteiger partial charge on any atom is -0.378 e. The molecule has 3 aromatic heterocycles. The molecule has 2 N–H and O–H groups in total. The van der Waals surface area contributed by atoms with Crippen LogP contribution in [0, 0.1) is 0 Å². The number of ether oxygens (including phenoxy) is 1. The summed E-state index contributed by atoms with van der Waals surface area (Å²) >= 11 is 1.54. The number of halogens is 3. The maximum Gasteiger partial charge on any atom is 0.434 e. The Kier molecular flexibility index (Phi) is 7.09. The zero-order valence-electron chi connectivity index (χ0n) is 19.5. The second kappa shape index (κ2) is 10.1. The summed E-state index contributed by atoms with van der Waals surface area (Å²) in [6.07, 6.45) is -2.03. The highest BCUT2D eigenvalue weighted by Crippen LogP contribution is 2.38. The highest BCUT2D eigenvalue weighted by Gasteiger charge is 2.37. The van der Waals surface area contributed by atoms with E-state index in [0.717, 1.165) is 28.9 Å². The summed E-state index contributed by atoms with van der Waals surface area (Å²) in [5.74, 6) is 0.00998. The fourth-order valence-corrected chi connectivity index (χ4v) is 6.13. The molecule has 0 spiro atoms. The molecule has 15 heteroatoms. The van der Waals surface area contributed by atoms with Crippen molar-refractivity contribution >= 4 is 44.3 Å². The number of piperazine rings is 1. The van der Waals surface area contributed by atoms with E-state index >= 15 is 0 Å². The van der Waals surface area contributed by atoms with Crippen molar-refractivity contribution in [3.05, 3.63) is 22.8 Å². The third-order valence-electron chi connectivity index (χ3n) is 6.11. The van der Waals surface area contributed by atoms with Gasteiger partial charge in [-0.05, 0) is 6.07 Å². The molecule has 0 bridgehead atoms. The van der Waals surface area contributed by atoms with Crippen LogP contribution in [0.1, 0.15) is 10.6 Å². The van der Waals surface area contributed by atoms with E-state index < -0.39 is 28.8 Å². The van der Waals surface area contributed by atoms with Gasteiger partial charge in [0.15, 0.2) is 17.3 Å². The van der Waals surface area contributed by atoms with Crippen molar-refractivity contribution in [1.29, 1.82) is 0 Å². The third-order valence-corrected chi connectivity index (χ3v) is 8.30. The lowest BCUT2D eigenvalue weighted by atomic mass is 10.2. The van der Waals surface area contributed by atoms with Crippen molar-refractivity contribution in [2.45, 2.75) is 12.7 Å². The molecule has 0 aromatic carbocycles. The second-order valence-corrected chi connectivity index (χ2v) is 11.0. The number of hydrogen-bond donors (Lipinski definition) is 1. The quantitative estimate of drug-likeness (QED) is 0.517. The van der Waals surface area contributed by atoms with E-state index in [4.69, 9.17) is 10.5 Å². The van der Waals surface area contributed by atoms with E-state index in [2.05, 4.69) is 24.8 Å². The van der Waals surface area contributed by atoms with Gasteiger partial charge in [0.1, 0.15) is 0 Å². The molecule has 0 aliphatic carbocycles. The molecule has 3 aromatic rings. The Labute approximate surface area is 211 Å². The summed E-state index contributed by atoms with van der Waals surface area (Å²) in [4.78, 5) is 21.6. The predicted octanol–water partition coefficient (Wildman–Crippen LogP) is 2.00.